The van der Waals surface area contributed by atoms with E-state index in [1.54, 1.807) is 22.9 Å². The Bertz CT molecular complexity index is 1280. The molecule has 7 nitrogen and oxygen atoms in total. The van der Waals surface area contributed by atoms with Crippen LogP contribution in [0.15, 0.2) is 36.3 Å². The lowest BCUT2D eigenvalue weighted by Gasteiger charge is -2.28. The van der Waals surface area contributed by atoms with Crippen molar-refractivity contribution in [3.63, 3.8) is 0 Å². The molecule has 0 bridgehead atoms. The first-order valence-electron chi connectivity index (χ1n) is 11.2. The molecular weight excluding hydrogens is 447 g/mol. The van der Waals surface area contributed by atoms with Crippen molar-refractivity contribution in [3.8, 4) is 0 Å². The average Bonchev–Trinajstić information content (AvgIpc) is 3.35. The van der Waals surface area contributed by atoms with Crippen molar-refractivity contribution in [1.29, 1.82) is 0 Å². The number of aliphatic hydroxyl groups excluding tert-OH is 2. The van der Waals surface area contributed by atoms with Crippen molar-refractivity contribution < 1.29 is 23.4 Å². The highest BCUT2D eigenvalue weighted by Crippen LogP contribution is 2.38. The van der Waals surface area contributed by atoms with Gasteiger partial charge in [-0.15, -0.1) is 0 Å². The van der Waals surface area contributed by atoms with Crippen LogP contribution in [-0.2, 0) is 13.0 Å². The lowest BCUT2D eigenvalue weighted by Crippen LogP contribution is -2.30. The summed E-state index contributed by atoms with van der Waals surface area (Å²) in [6.45, 7) is 2.74. The zero-order chi connectivity index (χ0) is 24.1. The minimum absolute atomic E-state index is 0.222. The van der Waals surface area contributed by atoms with E-state index in [4.69, 9.17) is 5.73 Å². The molecule has 0 spiro atoms. The van der Waals surface area contributed by atoms with Crippen LogP contribution in [0.3, 0.4) is 0 Å². The molecule has 3 heterocycles. The summed E-state index contributed by atoms with van der Waals surface area (Å²) in [6, 6.07) is 2.42. The molecule has 1 aromatic carbocycles. The Kier molecular flexibility index (Phi) is 5.83. The van der Waals surface area contributed by atoms with Gasteiger partial charge in [0.25, 0.3) is 6.43 Å². The summed E-state index contributed by atoms with van der Waals surface area (Å²) in [5.41, 5.74) is 8.13. The van der Waals surface area contributed by atoms with E-state index in [1.807, 2.05) is 6.92 Å². The first-order valence-corrected chi connectivity index (χ1v) is 11.2. The fourth-order valence-corrected chi connectivity index (χ4v) is 5.23. The molecule has 10 heteroatoms. The van der Waals surface area contributed by atoms with Gasteiger partial charge in [0.15, 0.2) is 0 Å². The molecule has 1 aliphatic heterocycles. The number of fused-ring (bicyclic) bond motifs is 2. The van der Waals surface area contributed by atoms with Crippen molar-refractivity contribution in [3.05, 3.63) is 64.4 Å². The molecule has 0 saturated carbocycles. The fourth-order valence-electron chi connectivity index (χ4n) is 5.23. The molecule has 0 fully saturated rings. The Morgan fingerprint density at radius 2 is 2.06 bits per heavy atom. The summed E-state index contributed by atoms with van der Waals surface area (Å²) in [4.78, 5) is 8.22. The minimum atomic E-state index is -2.91. The molecule has 0 amide bonds. The number of nitrogens with one attached hydrogen (secondary N) is 1. The second kappa shape index (κ2) is 8.68. The van der Waals surface area contributed by atoms with Gasteiger partial charge in [-0.1, -0.05) is 13.0 Å². The second-order valence-corrected chi connectivity index (χ2v) is 9.05. The van der Waals surface area contributed by atoms with Gasteiger partial charge in [-0.3, -0.25) is 0 Å². The van der Waals surface area contributed by atoms with E-state index in [1.165, 1.54) is 12.4 Å². The lowest BCUT2D eigenvalue weighted by atomic mass is 9.85. The van der Waals surface area contributed by atoms with Crippen LogP contribution in [0.4, 0.5) is 19.0 Å². The number of rotatable bonds is 5. The molecular formula is C24H26F3N5O2. The van der Waals surface area contributed by atoms with Gasteiger partial charge in [-0.25, -0.2) is 23.1 Å². The first-order chi connectivity index (χ1) is 16.3. The summed E-state index contributed by atoms with van der Waals surface area (Å²) < 4.78 is 43.7. The summed E-state index contributed by atoms with van der Waals surface area (Å²) >= 11 is 0. The zero-order valence-corrected chi connectivity index (χ0v) is 18.5. The van der Waals surface area contributed by atoms with Crippen LogP contribution in [0.1, 0.15) is 54.0 Å². The number of aromatic nitrogens is 3. The molecule has 180 valence electrons. The van der Waals surface area contributed by atoms with Crippen LogP contribution in [0, 0.1) is 5.82 Å². The summed E-state index contributed by atoms with van der Waals surface area (Å²) in [5, 5.41) is 25.3. The molecule has 5 N–H and O–H groups in total. The van der Waals surface area contributed by atoms with Crippen molar-refractivity contribution in [1.82, 2.24) is 19.9 Å². The van der Waals surface area contributed by atoms with Gasteiger partial charge in [-0.2, -0.15) is 0 Å². The van der Waals surface area contributed by atoms with Crippen molar-refractivity contribution in [2.24, 2.45) is 0 Å². The number of nitrogen functional groups attached to an aromatic ring is 1. The molecule has 3 unspecified atom stereocenters. The van der Waals surface area contributed by atoms with E-state index < -0.39 is 36.1 Å². The highest BCUT2D eigenvalue weighted by molar-refractivity contribution is 5.86. The number of nitrogens with zero attached hydrogens (tertiary/aromatic N) is 3. The van der Waals surface area contributed by atoms with Gasteiger partial charge in [-0.05, 0) is 53.2 Å². The second-order valence-electron chi connectivity index (χ2n) is 9.05. The van der Waals surface area contributed by atoms with E-state index in [9.17, 15) is 23.4 Å². The molecule has 0 saturated heterocycles. The van der Waals surface area contributed by atoms with Crippen molar-refractivity contribution >= 4 is 16.9 Å². The summed E-state index contributed by atoms with van der Waals surface area (Å²) in [5.74, 6) is -0.723. The molecule has 5 rings (SSSR count). The Morgan fingerprint density at radius 1 is 1.26 bits per heavy atom. The Hall–Kier alpha value is -2.95. The van der Waals surface area contributed by atoms with Gasteiger partial charge in [0.2, 0.25) is 0 Å². The lowest BCUT2D eigenvalue weighted by molar-refractivity contribution is 0.0317. The Balaban J connectivity index is 1.46. The number of alkyl halides is 2. The third kappa shape index (κ3) is 3.66. The predicted octanol–water partition coefficient (Wildman–Crippen LogP) is 3.13. The van der Waals surface area contributed by atoms with E-state index in [0.717, 1.165) is 0 Å². The third-order valence-corrected chi connectivity index (χ3v) is 7.00. The number of hydrogen-bond donors (Lipinski definition) is 4. The highest BCUT2D eigenvalue weighted by Gasteiger charge is 2.36. The van der Waals surface area contributed by atoms with E-state index in [-0.39, 0.29) is 5.92 Å². The first kappa shape index (κ1) is 22.8. The van der Waals surface area contributed by atoms with Gasteiger partial charge in [0, 0.05) is 19.3 Å². The number of anilines is 1. The molecule has 4 atom stereocenters. The number of halogens is 3. The Labute approximate surface area is 194 Å². The maximum atomic E-state index is 14.8. The number of hydrogen-bond acceptors (Lipinski definition) is 6. The monoisotopic (exact) mass is 473 g/mol. The number of aliphatic hydroxyl groups is 2. The standard InChI is InChI=1S/C24H26F3N5O2/c1-11-8-29-9-16-12(6-15(22(26)27)19(25)18(11)16)2-3-13-7-17(21(34)20(13)33)32-5-4-14-23(28)30-10-31-24(14)32/h4-7,10-11,17,20-22,29,33-34H,2-3,8-9H2,1H3,(H2,28,30,31)/t11?,17?,20?,21-/m1/s1. The van der Waals surface area contributed by atoms with Gasteiger partial charge in [0.1, 0.15) is 35.8 Å². The molecule has 2 aliphatic rings. The smallest absolute Gasteiger partial charge is 0.266 e. The van der Waals surface area contributed by atoms with Crippen LogP contribution >= 0.6 is 0 Å². The van der Waals surface area contributed by atoms with Crippen LogP contribution < -0.4 is 11.1 Å². The maximum absolute atomic E-state index is 14.8. The van der Waals surface area contributed by atoms with E-state index >= 15 is 0 Å². The zero-order valence-electron chi connectivity index (χ0n) is 18.5. The normalized spacial score (nSPS) is 24.6. The molecule has 34 heavy (non-hydrogen) atoms. The molecule has 0 radical (unpaired) electrons. The van der Waals surface area contributed by atoms with Crippen LogP contribution in [0.2, 0.25) is 0 Å². The fraction of sp³-hybridized carbons (Fsp3) is 0.417. The van der Waals surface area contributed by atoms with Crippen molar-refractivity contribution in [2.75, 3.05) is 12.3 Å². The van der Waals surface area contributed by atoms with E-state index in [0.29, 0.717) is 65.0 Å². The largest absolute Gasteiger partial charge is 0.388 e. The average molecular weight is 473 g/mol. The summed E-state index contributed by atoms with van der Waals surface area (Å²) in [6.07, 6.45) is 0.369. The number of aryl methyl sites for hydroxylation is 1. The SMILES string of the molecule is CC1CNCc2c(CCC3=CC(n4ccc5c(N)ncnc54)[C@@H](O)C3O)cc(C(F)F)c(F)c21. The molecule has 2 aromatic heterocycles. The summed E-state index contributed by atoms with van der Waals surface area (Å²) in [7, 11) is 0. The third-order valence-electron chi connectivity index (χ3n) is 7.00. The van der Waals surface area contributed by atoms with Gasteiger partial charge in [0.05, 0.1) is 17.0 Å². The van der Waals surface area contributed by atoms with Gasteiger partial charge >= 0.3 is 0 Å². The van der Waals surface area contributed by atoms with Crippen molar-refractivity contribution in [2.45, 2.75) is 56.9 Å². The van der Waals surface area contributed by atoms with Gasteiger partial charge < -0.3 is 25.8 Å². The van der Waals surface area contributed by atoms with Crippen LogP contribution in [0.5, 0.6) is 0 Å². The van der Waals surface area contributed by atoms with Crippen LogP contribution in [0.25, 0.3) is 11.0 Å². The predicted molar refractivity (Wildman–Crippen MR) is 121 cm³/mol. The molecule has 3 aromatic rings. The van der Waals surface area contributed by atoms with Crippen LogP contribution in [-0.4, -0.2) is 43.5 Å². The van der Waals surface area contributed by atoms with E-state index in [2.05, 4.69) is 15.3 Å². The topological polar surface area (TPSA) is 109 Å². The Morgan fingerprint density at radius 3 is 2.82 bits per heavy atom. The number of nitrogens with two attached hydrogens (primary N) is 1. The quantitative estimate of drug-likeness (QED) is 0.424. The number of benzene rings is 1. The highest BCUT2D eigenvalue weighted by atomic mass is 19.3. The molecule has 1 aliphatic carbocycles. The maximum Gasteiger partial charge on any atom is 0.266 e. The minimum Gasteiger partial charge on any atom is -0.388 e.